The first kappa shape index (κ1) is 12.4. The van der Waals surface area contributed by atoms with Crippen LogP contribution in [0.25, 0.3) is 0 Å². The Hall–Kier alpha value is -1.65. The smallest absolute Gasteiger partial charge is 0.357 e. The number of esters is 1. The van der Waals surface area contributed by atoms with Crippen molar-refractivity contribution in [3.8, 4) is 6.01 Å². The molecule has 0 amide bonds. The zero-order chi connectivity index (χ0) is 12.1. The number of hydrogen-bond acceptors (Lipinski definition) is 5. The van der Waals surface area contributed by atoms with Gasteiger partial charge in [-0.25, -0.2) is 9.78 Å². The van der Waals surface area contributed by atoms with E-state index in [0.717, 1.165) is 0 Å². The van der Waals surface area contributed by atoms with Gasteiger partial charge in [0.2, 0.25) is 0 Å². The highest BCUT2D eigenvalue weighted by atomic mass is 16.5. The van der Waals surface area contributed by atoms with Crippen LogP contribution in [0, 0.1) is 0 Å². The Morgan fingerprint density at radius 3 is 2.50 bits per heavy atom. The molecule has 0 radical (unpaired) electrons. The molecule has 0 unspecified atom stereocenters. The van der Waals surface area contributed by atoms with Crippen LogP contribution in [0.3, 0.4) is 0 Å². The van der Waals surface area contributed by atoms with Crippen molar-refractivity contribution in [3.63, 3.8) is 0 Å². The summed E-state index contributed by atoms with van der Waals surface area (Å²) >= 11 is 0. The molecule has 0 bridgehead atoms. The van der Waals surface area contributed by atoms with Crippen molar-refractivity contribution in [1.82, 2.24) is 9.97 Å². The van der Waals surface area contributed by atoms with Gasteiger partial charge in [-0.2, -0.15) is 4.98 Å². The van der Waals surface area contributed by atoms with Crippen molar-refractivity contribution >= 4 is 5.97 Å². The average molecular weight is 224 g/mol. The third kappa shape index (κ3) is 3.84. The van der Waals surface area contributed by atoms with Crippen LogP contribution in [-0.4, -0.2) is 28.1 Å². The number of carbonyl (C=O) groups excluding carboxylic acids is 1. The van der Waals surface area contributed by atoms with E-state index in [1.54, 1.807) is 13.8 Å². The largest absolute Gasteiger partial charge is 0.461 e. The van der Waals surface area contributed by atoms with Gasteiger partial charge in [0.1, 0.15) is 0 Å². The van der Waals surface area contributed by atoms with Gasteiger partial charge in [-0.15, -0.1) is 0 Å². The van der Waals surface area contributed by atoms with Gasteiger partial charge in [-0.1, -0.05) is 0 Å². The predicted octanol–water partition coefficient (Wildman–Crippen LogP) is 1.83. The van der Waals surface area contributed by atoms with E-state index in [0.29, 0.717) is 0 Å². The van der Waals surface area contributed by atoms with Crippen molar-refractivity contribution in [2.45, 2.75) is 39.9 Å². The molecule has 88 valence electrons. The number of hydrogen-bond donors (Lipinski definition) is 0. The Bertz CT molecular complexity index is 364. The van der Waals surface area contributed by atoms with Crippen LogP contribution >= 0.6 is 0 Å². The molecule has 0 N–H and O–H groups in total. The standard InChI is InChI=1S/C11H16N2O3/c1-7(2)15-10(14)9-5-6-12-11(13-9)16-8(3)4/h5-8H,1-4H3. The Balaban J connectivity index is 2.77. The quantitative estimate of drug-likeness (QED) is 0.730. The number of carbonyl (C=O) groups is 1. The van der Waals surface area contributed by atoms with Crippen molar-refractivity contribution < 1.29 is 14.3 Å². The Labute approximate surface area is 94.8 Å². The lowest BCUT2D eigenvalue weighted by Crippen LogP contribution is -2.15. The highest BCUT2D eigenvalue weighted by Gasteiger charge is 2.12. The summed E-state index contributed by atoms with van der Waals surface area (Å²) < 4.78 is 10.3. The molecule has 1 aromatic rings. The molecule has 0 spiro atoms. The monoisotopic (exact) mass is 224 g/mol. The van der Waals surface area contributed by atoms with Crippen molar-refractivity contribution in [2.75, 3.05) is 0 Å². The molecule has 5 heteroatoms. The molecular weight excluding hydrogens is 208 g/mol. The summed E-state index contributed by atoms with van der Waals surface area (Å²) in [5.74, 6) is -0.467. The maximum Gasteiger partial charge on any atom is 0.357 e. The second-order valence-electron chi connectivity index (χ2n) is 3.85. The van der Waals surface area contributed by atoms with Gasteiger partial charge >= 0.3 is 12.0 Å². The summed E-state index contributed by atoms with van der Waals surface area (Å²) in [6.45, 7) is 7.29. The maximum atomic E-state index is 11.5. The van der Waals surface area contributed by atoms with E-state index in [1.165, 1.54) is 12.3 Å². The molecule has 0 aromatic carbocycles. The highest BCUT2D eigenvalue weighted by molar-refractivity contribution is 5.87. The van der Waals surface area contributed by atoms with E-state index in [-0.39, 0.29) is 23.9 Å². The van der Waals surface area contributed by atoms with E-state index in [4.69, 9.17) is 9.47 Å². The zero-order valence-electron chi connectivity index (χ0n) is 9.93. The minimum atomic E-state index is -0.467. The lowest BCUT2D eigenvalue weighted by atomic mass is 10.4. The first-order valence-electron chi connectivity index (χ1n) is 5.19. The lowest BCUT2D eigenvalue weighted by Gasteiger charge is -2.09. The molecule has 5 nitrogen and oxygen atoms in total. The second-order valence-corrected chi connectivity index (χ2v) is 3.85. The van der Waals surface area contributed by atoms with Gasteiger partial charge in [-0.3, -0.25) is 0 Å². The van der Waals surface area contributed by atoms with Crippen LogP contribution in [0.1, 0.15) is 38.2 Å². The van der Waals surface area contributed by atoms with Gasteiger partial charge in [0.15, 0.2) is 5.69 Å². The van der Waals surface area contributed by atoms with Gasteiger partial charge in [0.25, 0.3) is 0 Å². The summed E-state index contributed by atoms with van der Waals surface area (Å²) in [5.41, 5.74) is 0.208. The fourth-order valence-corrected chi connectivity index (χ4v) is 0.997. The Morgan fingerprint density at radius 1 is 1.25 bits per heavy atom. The van der Waals surface area contributed by atoms with Crippen molar-refractivity contribution in [1.29, 1.82) is 0 Å². The van der Waals surface area contributed by atoms with Crippen LogP contribution in [0.4, 0.5) is 0 Å². The molecule has 0 saturated carbocycles. The van der Waals surface area contributed by atoms with E-state index >= 15 is 0 Å². The number of ether oxygens (including phenoxy) is 2. The van der Waals surface area contributed by atoms with E-state index < -0.39 is 5.97 Å². The van der Waals surface area contributed by atoms with Crippen LogP contribution in [0.5, 0.6) is 6.01 Å². The minimum absolute atomic E-state index is 0.0311. The molecule has 0 aliphatic heterocycles. The summed E-state index contributed by atoms with van der Waals surface area (Å²) in [4.78, 5) is 19.4. The van der Waals surface area contributed by atoms with Crippen LogP contribution in [-0.2, 0) is 4.74 Å². The molecule has 0 atom stereocenters. The predicted molar refractivity (Wildman–Crippen MR) is 58.3 cm³/mol. The van der Waals surface area contributed by atoms with E-state index in [2.05, 4.69) is 9.97 Å². The van der Waals surface area contributed by atoms with Crippen LogP contribution < -0.4 is 4.74 Å². The summed E-state index contributed by atoms with van der Waals surface area (Å²) in [6.07, 6.45) is 1.27. The van der Waals surface area contributed by atoms with Gasteiger partial charge in [-0.05, 0) is 33.8 Å². The topological polar surface area (TPSA) is 61.3 Å². The molecule has 0 saturated heterocycles. The van der Waals surface area contributed by atoms with E-state index in [1.807, 2.05) is 13.8 Å². The average Bonchev–Trinajstić information content (AvgIpc) is 2.16. The number of aromatic nitrogens is 2. The fraction of sp³-hybridized carbons (Fsp3) is 0.545. The summed E-state index contributed by atoms with van der Waals surface area (Å²) in [7, 11) is 0. The summed E-state index contributed by atoms with van der Waals surface area (Å²) in [5, 5.41) is 0. The Kier molecular flexibility index (Phi) is 4.22. The van der Waals surface area contributed by atoms with Crippen LogP contribution in [0.2, 0.25) is 0 Å². The second kappa shape index (κ2) is 5.44. The molecule has 0 aliphatic carbocycles. The minimum Gasteiger partial charge on any atom is -0.461 e. The van der Waals surface area contributed by atoms with Crippen molar-refractivity contribution in [3.05, 3.63) is 18.0 Å². The summed E-state index contributed by atoms with van der Waals surface area (Å²) in [6, 6.07) is 1.69. The zero-order valence-corrected chi connectivity index (χ0v) is 9.93. The lowest BCUT2D eigenvalue weighted by molar-refractivity contribution is 0.0368. The Morgan fingerprint density at radius 2 is 1.94 bits per heavy atom. The molecular formula is C11H16N2O3. The normalized spacial score (nSPS) is 10.6. The SMILES string of the molecule is CC(C)OC(=O)c1ccnc(OC(C)C)n1. The van der Waals surface area contributed by atoms with Gasteiger partial charge in [0, 0.05) is 6.20 Å². The third-order valence-corrected chi connectivity index (χ3v) is 1.53. The number of rotatable bonds is 4. The molecule has 1 rings (SSSR count). The molecule has 0 aliphatic rings. The molecule has 1 aromatic heterocycles. The van der Waals surface area contributed by atoms with Gasteiger partial charge in [0.05, 0.1) is 12.2 Å². The van der Waals surface area contributed by atoms with E-state index in [9.17, 15) is 4.79 Å². The fourth-order valence-electron chi connectivity index (χ4n) is 0.997. The first-order chi connectivity index (χ1) is 7.49. The van der Waals surface area contributed by atoms with Gasteiger partial charge < -0.3 is 9.47 Å². The van der Waals surface area contributed by atoms with Crippen LogP contribution in [0.15, 0.2) is 12.3 Å². The van der Waals surface area contributed by atoms with Crippen molar-refractivity contribution in [2.24, 2.45) is 0 Å². The molecule has 0 fully saturated rings. The first-order valence-corrected chi connectivity index (χ1v) is 5.19. The highest BCUT2D eigenvalue weighted by Crippen LogP contribution is 2.07. The maximum absolute atomic E-state index is 11.5. The molecule has 16 heavy (non-hydrogen) atoms. The molecule has 1 heterocycles. The third-order valence-electron chi connectivity index (χ3n) is 1.53. The number of nitrogens with zero attached hydrogens (tertiary/aromatic N) is 2.